The summed E-state index contributed by atoms with van der Waals surface area (Å²) in [5.74, 6) is 0.325. The second-order valence-corrected chi connectivity index (χ2v) is 4.99. The van der Waals surface area contributed by atoms with Crippen molar-refractivity contribution in [3.05, 3.63) is 29.8 Å². The van der Waals surface area contributed by atoms with E-state index in [-0.39, 0.29) is 5.75 Å². The van der Waals surface area contributed by atoms with Gasteiger partial charge in [-0.2, -0.15) is 0 Å². The minimum atomic E-state index is -0.447. The lowest BCUT2D eigenvalue weighted by Crippen LogP contribution is -2.04. The van der Waals surface area contributed by atoms with Crippen LogP contribution < -0.4 is 4.74 Å². The van der Waals surface area contributed by atoms with Crippen LogP contribution in [0.5, 0.6) is 11.5 Å². The second kappa shape index (κ2) is 6.05. The molecular formula is C15H16O4S. The maximum absolute atomic E-state index is 11.7. The number of rotatable bonds is 4. The molecule has 0 spiro atoms. The number of phenolic OH excluding ortho intramolecular Hbond substituents is 1. The summed E-state index contributed by atoms with van der Waals surface area (Å²) in [6.45, 7) is 2.04. The Kier molecular flexibility index (Phi) is 4.39. The number of phenols is 1. The highest BCUT2D eigenvalue weighted by molar-refractivity contribution is 7.98. The summed E-state index contributed by atoms with van der Waals surface area (Å²) >= 11 is 1.53. The highest BCUT2D eigenvalue weighted by atomic mass is 32.2. The molecule has 106 valence electrons. The zero-order valence-electron chi connectivity index (χ0n) is 11.6. The lowest BCUT2D eigenvalue weighted by atomic mass is 10.1. The number of esters is 1. The average molecular weight is 292 g/mol. The van der Waals surface area contributed by atoms with Crippen LogP contribution in [0, 0.1) is 0 Å². The highest BCUT2D eigenvalue weighted by Gasteiger charge is 2.13. The molecule has 2 aromatic rings. The molecule has 0 amide bonds. The molecule has 0 aliphatic heterocycles. The Bertz CT molecular complexity index is 652. The van der Waals surface area contributed by atoms with Gasteiger partial charge in [0.2, 0.25) is 0 Å². The number of carbonyl (C=O) groups excluding carboxylic acids is 1. The van der Waals surface area contributed by atoms with Gasteiger partial charge >= 0.3 is 5.97 Å². The van der Waals surface area contributed by atoms with Gasteiger partial charge in [-0.1, -0.05) is 0 Å². The zero-order chi connectivity index (χ0) is 14.7. The summed E-state index contributed by atoms with van der Waals surface area (Å²) in [6, 6.07) is 6.78. The average Bonchev–Trinajstić information content (AvgIpc) is 2.46. The Balaban J connectivity index is 2.61. The summed E-state index contributed by atoms with van der Waals surface area (Å²) in [5, 5.41) is 11.5. The van der Waals surface area contributed by atoms with E-state index in [4.69, 9.17) is 9.47 Å². The maximum atomic E-state index is 11.7. The van der Waals surface area contributed by atoms with Gasteiger partial charge in [0.1, 0.15) is 11.5 Å². The third-order valence-corrected chi connectivity index (χ3v) is 3.70. The van der Waals surface area contributed by atoms with Crippen LogP contribution in [-0.4, -0.2) is 31.0 Å². The number of fused-ring (bicyclic) bond motifs is 1. The molecule has 2 aromatic carbocycles. The van der Waals surface area contributed by atoms with Gasteiger partial charge in [-0.3, -0.25) is 0 Å². The number of methoxy groups -OCH3 is 1. The summed E-state index contributed by atoms with van der Waals surface area (Å²) in [5.41, 5.74) is 0.329. The number of hydrogen-bond donors (Lipinski definition) is 1. The Labute approximate surface area is 121 Å². The molecule has 5 heteroatoms. The molecule has 0 heterocycles. The van der Waals surface area contributed by atoms with Gasteiger partial charge < -0.3 is 14.6 Å². The molecule has 0 aromatic heterocycles. The molecule has 0 saturated heterocycles. The number of aromatic hydroxyl groups is 1. The van der Waals surface area contributed by atoms with Crippen LogP contribution in [0.4, 0.5) is 0 Å². The van der Waals surface area contributed by atoms with Gasteiger partial charge in [-0.05, 0) is 42.8 Å². The van der Waals surface area contributed by atoms with Crippen molar-refractivity contribution >= 4 is 28.5 Å². The van der Waals surface area contributed by atoms with Crippen molar-refractivity contribution in [1.82, 2.24) is 0 Å². The van der Waals surface area contributed by atoms with Crippen molar-refractivity contribution in [2.75, 3.05) is 20.0 Å². The van der Waals surface area contributed by atoms with E-state index in [1.54, 1.807) is 20.1 Å². The fourth-order valence-corrected chi connectivity index (χ4v) is 2.58. The van der Waals surface area contributed by atoms with E-state index in [9.17, 15) is 9.90 Å². The normalized spacial score (nSPS) is 10.6. The summed E-state index contributed by atoms with van der Waals surface area (Å²) < 4.78 is 10.3. The van der Waals surface area contributed by atoms with Crippen LogP contribution in [-0.2, 0) is 4.74 Å². The maximum Gasteiger partial charge on any atom is 0.338 e. The molecule has 0 aliphatic carbocycles. The molecule has 0 unspecified atom stereocenters. The number of carbonyl (C=O) groups is 1. The van der Waals surface area contributed by atoms with Gasteiger partial charge in [-0.15, -0.1) is 11.8 Å². The molecule has 20 heavy (non-hydrogen) atoms. The van der Waals surface area contributed by atoms with Gasteiger partial charge in [0, 0.05) is 10.3 Å². The third kappa shape index (κ3) is 2.67. The largest absolute Gasteiger partial charge is 0.507 e. The lowest BCUT2D eigenvalue weighted by Gasteiger charge is -2.11. The van der Waals surface area contributed by atoms with Crippen molar-refractivity contribution in [2.45, 2.75) is 11.8 Å². The minimum absolute atomic E-state index is 0.0588. The van der Waals surface area contributed by atoms with Crippen LogP contribution in [0.1, 0.15) is 17.3 Å². The van der Waals surface area contributed by atoms with Gasteiger partial charge in [0.15, 0.2) is 0 Å². The predicted octanol–water partition coefficient (Wildman–Crippen LogP) is 3.45. The molecule has 4 nitrogen and oxygen atoms in total. The van der Waals surface area contributed by atoms with Gasteiger partial charge in [-0.25, -0.2) is 4.79 Å². The number of hydrogen-bond acceptors (Lipinski definition) is 5. The van der Waals surface area contributed by atoms with Crippen molar-refractivity contribution in [3.63, 3.8) is 0 Å². The third-order valence-electron chi connectivity index (χ3n) is 2.95. The van der Waals surface area contributed by atoms with E-state index in [0.29, 0.717) is 23.3 Å². The van der Waals surface area contributed by atoms with Crippen LogP contribution in [0.15, 0.2) is 29.2 Å². The Morgan fingerprint density at radius 3 is 2.65 bits per heavy atom. The molecule has 0 radical (unpaired) electrons. The molecule has 0 bridgehead atoms. The first kappa shape index (κ1) is 14.5. The van der Waals surface area contributed by atoms with E-state index in [1.807, 2.05) is 18.4 Å². The predicted molar refractivity (Wildman–Crippen MR) is 79.9 cm³/mol. The number of ether oxygens (including phenoxy) is 2. The first-order valence-corrected chi connectivity index (χ1v) is 7.39. The first-order chi connectivity index (χ1) is 9.60. The van der Waals surface area contributed by atoms with Crippen molar-refractivity contribution in [2.24, 2.45) is 0 Å². The second-order valence-electron chi connectivity index (χ2n) is 4.14. The molecule has 0 aliphatic rings. The summed E-state index contributed by atoms with van der Waals surface area (Å²) in [4.78, 5) is 12.7. The fourth-order valence-electron chi connectivity index (χ4n) is 2.00. The molecule has 0 saturated carbocycles. The lowest BCUT2D eigenvalue weighted by molar-refractivity contribution is 0.0526. The highest BCUT2D eigenvalue weighted by Crippen LogP contribution is 2.36. The van der Waals surface area contributed by atoms with E-state index in [0.717, 1.165) is 10.3 Å². The van der Waals surface area contributed by atoms with Crippen LogP contribution in [0.3, 0.4) is 0 Å². The molecule has 1 N–H and O–H groups in total. The van der Waals surface area contributed by atoms with Crippen molar-refractivity contribution in [3.8, 4) is 11.5 Å². The molecule has 0 fully saturated rings. The van der Waals surface area contributed by atoms with Crippen molar-refractivity contribution in [1.29, 1.82) is 0 Å². The van der Waals surface area contributed by atoms with E-state index in [1.165, 1.54) is 17.8 Å². The van der Waals surface area contributed by atoms with E-state index >= 15 is 0 Å². The summed E-state index contributed by atoms with van der Waals surface area (Å²) in [7, 11) is 1.59. The van der Waals surface area contributed by atoms with E-state index in [2.05, 4.69) is 0 Å². The Hall–Kier alpha value is -1.88. The van der Waals surface area contributed by atoms with Gasteiger partial charge in [0.25, 0.3) is 0 Å². The van der Waals surface area contributed by atoms with Crippen molar-refractivity contribution < 1.29 is 19.4 Å². The molecule has 0 atom stereocenters. The smallest absolute Gasteiger partial charge is 0.338 e. The Morgan fingerprint density at radius 2 is 2.05 bits per heavy atom. The molecular weight excluding hydrogens is 276 g/mol. The quantitative estimate of drug-likeness (QED) is 0.691. The standard InChI is InChI=1S/C15H16O4S/c1-4-19-15(17)10-5-9-7-13(18-2)14(20-3)8-11(9)12(16)6-10/h5-8,16H,4H2,1-3H3. The number of benzene rings is 2. The zero-order valence-corrected chi connectivity index (χ0v) is 12.4. The monoisotopic (exact) mass is 292 g/mol. The van der Waals surface area contributed by atoms with Crippen LogP contribution in [0.2, 0.25) is 0 Å². The summed E-state index contributed by atoms with van der Waals surface area (Å²) in [6.07, 6.45) is 1.94. The van der Waals surface area contributed by atoms with Gasteiger partial charge in [0.05, 0.1) is 19.3 Å². The van der Waals surface area contributed by atoms with Crippen LogP contribution >= 0.6 is 11.8 Å². The fraction of sp³-hybridized carbons (Fsp3) is 0.267. The number of thioether (sulfide) groups is 1. The Morgan fingerprint density at radius 1 is 1.30 bits per heavy atom. The van der Waals surface area contributed by atoms with E-state index < -0.39 is 5.97 Å². The minimum Gasteiger partial charge on any atom is -0.507 e. The first-order valence-electron chi connectivity index (χ1n) is 6.16. The topological polar surface area (TPSA) is 55.8 Å². The van der Waals surface area contributed by atoms with Crippen LogP contribution in [0.25, 0.3) is 10.8 Å². The molecule has 2 rings (SSSR count). The SMILES string of the molecule is CCOC(=O)c1cc(O)c2cc(SC)c(OC)cc2c1.